The van der Waals surface area contributed by atoms with Crippen molar-refractivity contribution in [1.82, 2.24) is 4.90 Å². The molecule has 1 N–H and O–H groups in total. The lowest BCUT2D eigenvalue weighted by Crippen LogP contribution is -2.77. The Hall–Kier alpha value is -2.22. The number of amides is 3. The molecule has 8 heteroatoms. The first-order valence-electron chi connectivity index (χ1n) is 8.09. The summed E-state index contributed by atoms with van der Waals surface area (Å²) in [6, 6.07) is 1.93. The summed E-state index contributed by atoms with van der Waals surface area (Å²) in [5.41, 5.74) is -0.717. The fraction of sp³-hybridized carbons (Fsp3) is 0.529. The van der Waals surface area contributed by atoms with Crippen molar-refractivity contribution in [3.05, 3.63) is 29.8 Å². The third-order valence-corrected chi connectivity index (χ3v) is 4.94. The average Bonchev–Trinajstić information content (AvgIpc) is 2.48. The van der Waals surface area contributed by atoms with E-state index in [0.717, 1.165) is 12.1 Å². The van der Waals surface area contributed by atoms with Crippen LogP contribution < -0.4 is 10.4 Å². The van der Waals surface area contributed by atoms with Gasteiger partial charge in [0.25, 0.3) is 6.09 Å². The van der Waals surface area contributed by atoms with E-state index in [9.17, 15) is 23.5 Å². The Bertz CT molecular complexity index is 690. The lowest BCUT2D eigenvalue weighted by atomic mass is 9.96. The van der Waals surface area contributed by atoms with Crippen LogP contribution in [0.3, 0.4) is 0 Å². The monoisotopic (exact) mass is 355 g/mol. The van der Waals surface area contributed by atoms with Crippen molar-refractivity contribution in [2.45, 2.75) is 39.3 Å². The van der Waals surface area contributed by atoms with Gasteiger partial charge in [0.1, 0.15) is 24.2 Å². The molecule has 2 rings (SSSR count). The first-order valence-corrected chi connectivity index (χ1v) is 8.09. The van der Waals surface area contributed by atoms with Gasteiger partial charge in [0.15, 0.2) is 0 Å². The predicted molar refractivity (Wildman–Crippen MR) is 86.7 cm³/mol. The molecule has 25 heavy (non-hydrogen) atoms. The van der Waals surface area contributed by atoms with Crippen molar-refractivity contribution >= 4 is 17.8 Å². The van der Waals surface area contributed by atoms with Crippen LogP contribution in [-0.2, 0) is 0 Å². The molecule has 1 unspecified atom stereocenters. The summed E-state index contributed by atoms with van der Waals surface area (Å²) in [7, 11) is 0. The molecule has 0 saturated carbocycles. The van der Waals surface area contributed by atoms with E-state index < -0.39 is 35.3 Å². The number of rotatable bonds is 1. The highest BCUT2D eigenvalue weighted by molar-refractivity contribution is 5.89. The lowest BCUT2D eigenvalue weighted by molar-refractivity contribution is -0.943. The third kappa shape index (κ3) is 3.44. The maximum absolute atomic E-state index is 13.7. The molecule has 1 aromatic carbocycles. The van der Waals surface area contributed by atoms with Gasteiger partial charge < -0.3 is 20.1 Å². The van der Waals surface area contributed by atoms with Crippen molar-refractivity contribution in [2.24, 2.45) is 0 Å². The number of piperazine rings is 1. The van der Waals surface area contributed by atoms with Crippen LogP contribution in [0.4, 0.5) is 24.1 Å². The van der Waals surface area contributed by atoms with Crippen LogP contribution in [-0.4, -0.2) is 52.7 Å². The number of carboxylic acid groups (broad SMARTS) is 1. The SMILES string of the molecule is C[C@H]1CN(C(=O)Nc2ccc(F)cc2F)CC[N+]1(C(=O)[O-])C(C)(C)C. The summed E-state index contributed by atoms with van der Waals surface area (Å²) in [4.78, 5) is 25.6. The average molecular weight is 355 g/mol. The number of hydrogen-bond acceptors (Lipinski definition) is 3. The second kappa shape index (κ2) is 6.59. The highest BCUT2D eigenvalue weighted by atomic mass is 19.1. The van der Waals surface area contributed by atoms with Crippen molar-refractivity contribution in [2.75, 3.05) is 25.0 Å². The molecule has 1 fully saturated rings. The molecule has 0 spiro atoms. The molecule has 1 aliphatic heterocycles. The highest BCUT2D eigenvalue weighted by Gasteiger charge is 2.50. The van der Waals surface area contributed by atoms with Crippen LogP contribution in [0.25, 0.3) is 0 Å². The van der Waals surface area contributed by atoms with Crippen molar-refractivity contribution in [3.8, 4) is 0 Å². The van der Waals surface area contributed by atoms with E-state index in [1.54, 1.807) is 6.92 Å². The summed E-state index contributed by atoms with van der Waals surface area (Å²) in [5, 5.41) is 14.2. The molecule has 0 aliphatic carbocycles. The van der Waals surface area contributed by atoms with Crippen molar-refractivity contribution < 1.29 is 28.0 Å². The summed E-state index contributed by atoms with van der Waals surface area (Å²) in [6.45, 7) is 7.77. The van der Waals surface area contributed by atoms with Crippen LogP contribution in [0.1, 0.15) is 27.7 Å². The third-order valence-electron chi connectivity index (χ3n) is 4.94. The maximum Gasteiger partial charge on any atom is 0.322 e. The van der Waals surface area contributed by atoms with Gasteiger partial charge in [0.2, 0.25) is 0 Å². The van der Waals surface area contributed by atoms with Gasteiger partial charge in [0.05, 0.1) is 24.3 Å². The molecule has 1 saturated heterocycles. The summed E-state index contributed by atoms with van der Waals surface area (Å²) in [6.07, 6.45) is -1.18. The fourth-order valence-electron chi connectivity index (χ4n) is 3.56. The number of hydrogen-bond donors (Lipinski definition) is 1. The van der Waals surface area contributed by atoms with E-state index in [2.05, 4.69) is 5.32 Å². The van der Waals surface area contributed by atoms with Gasteiger partial charge in [-0.1, -0.05) is 0 Å². The predicted octanol–water partition coefficient (Wildman–Crippen LogP) is 2.16. The zero-order chi connectivity index (χ0) is 19.0. The molecule has 0 aromatic heterocycles. The van der Waals surface area contributed by atoms with Crippen molar-refractivity contribution in [1.29, 1.82) is 0 Å². The molecule has 0 bridgehead atoms. The van der Waals surface area contributed by atoms with E-state index in [4.69, 9.17) is 0 Å². The molecule has 1 aliphatic rings. The van der Waals surface area contributed by atoms with Gasteiger partial charge in [-0.05, 0) is 39.8 Å². The lowest BCUT2D eigenvalue weighted by Gasteiger charge is -2.55. The second-order valence-electron chi connectivity index (χ2n) is 7.38. The van der Waals surface area contributed by atoms with Crippen LogP contribution in [0, 0.1) is 11.6 Å². The Morgan fingerprint density at radius 1 is 1.32 bits per heavy atom. The van der Waals surface area contributed by atoms with Gasteiger partial charge in [-0.15, -0.1) is 0 Å². The topological polar surface area (TPSA) is 72.5 Å². The Morgan fingerprint density at radius 3 is 2.44 bits per heavy atom. The number of urea groups is 1. The van der Waals surface area contributed by atoms with Gasteiger partial charge in [0, 0.05) is 6.07 Å². The first kappa shape index (κ1) is 19.1. The second-order valence-corrected chi connectivity index (χ2v) is 7.38. The number of nitrogens with zero attached hydrogens (tertiary/aromatic N) is 2. The van der Waals surface area contributed by atoms with Crippen LogP contribution in [0.15, 0.2) is 18.2 Å². The number of quaternary nitrogens is 1. The Morgan fingerprint density at radius 2 is 1.96 bits per heavy atom. The van der Waals surface area contributed by atoms with Crippen molar-refractivity contribution in [3.63, 3.8) is 0 Å². The number of halogens is 2. The van der Waals surface area contributed by atoms with Crippen LogP contribution >= 0.6 is 0 Å². The summed E-state index contributed by atoms with van der Waals surface area (Å²) in [5.74, 6) is -1.60. The molecule has 3 amide bonds. The molecule has 0 radical (unpaired) electrons. The molecule has 2 atom stereocenters. The van der Waals surface area contributed by atoms with E-state index in [1.807, 2.05) is 20.8 Å². The summed E-state index contributed by atoms with van der Waals surface area (Å²) < 4.78 is 26.4. The minimum absolute atomic E-state index is 0.124. The number of nitrogens with one attached hydrogen (secondary N) is 1. The molecular formula is C17H23F2N3O3. The molecule has 138 valence electrons. The summed E-state index contributed by atoms with van der Waals surface area (Å²) >= 11 is 0. The van der Waals surface area contributed by atoms with Gasteiger partial charge >= 0.3 is 6.03 Å². The minimum Gasteiger partial charge on any atom is -0.498 e. The zero-order valence-electron chi connectivity index (χ0n) is 14.8. The zero-order valence-corrected chi connectivity index (χ0v) is 14.8. The number of carbonyl (C=O) groups is 2. The molecule has 6 nitrogen and oxygen atoms in total. The molecule has 1 aromatic rings. The van der Waals surface area contributed by atoms with Gasteiger partial charge in [-0.3, -0.25) is 4.48 Å². The van der Waals surface area contributed by atoms with Gasteiger partial charge in [-0.25, -0.2) is 13.6 Å². The quantitative estimate of drug-likeness (QED) is 0.785. The largest absolute Gasteiger partial charge is 0.498 e. The standard InChI is InChI=1S/C17H23F2N3O3/c1-11-10-21(7-8-22(11,16(24)25)17(2,3)4)15(23)20-14-6-5-12(18)9-13(14)19/h5-6,9,11H,7-8,10H2,1-4H3,(H-,20,23,24,25)/t11-,22?/m0/s1. The molecular weight excluding hydrogens is 332 g/mol. The van der Waals surface area contributed by atoms with Gasteiger partial charge in [-0.2, -0.15) is 0 Å². The smallest absolute Gasteiger partial charge is 0.322 e. The Kier molecular flexibility index (Phi) is 5.04. The van der Waals surface area contributed by atoms with E-state index in [-0.39, 0.29) is 29.8 Å². The van der Waals surface area contributed by atoms with Crippen LogP contribution in [0.2, 0.25) is 0 Å². The number of anilines is 1. The van der Waals surface area contributed by atoms with E-state index in [0.29, 0.717) is 6.07 Å². The minimum atomic E-state index is -1.18. The van der Waals surface area contributed by atoms with E-state index in [1.165, 1.54) is 4.90 Å². The molecule has 1 heterocycles. The maximum atomic E-state index is 13.7. The van der Waals surface area contributed by atoms with Crippen LogP contribution in [0.5, 0.6) is 0 Å². The first-order chi connectivity index (χ1) is 11.5. The Labute approximate surface area is 145 Å². The number of benzene rings is 1. The fourth-order valence-corrected chi connectivity index (χ4v) is 3.56. The highest BCUT2D eigenvalue weighted by Crippen LogP contribution is 2.31. The van der Waals surface area contributed by atoms with E-state index >= 15 is 0 Å². The number of carbonyl (C=O) groups excluding carboxylic acids is 2. The Balaban J connectivity index is 2.14. The normalized spacial score (nSPS) is 24.1.